The Morgan fingerprint density at radius 2 is 1.56 bits per heavy atom. The predicted octanol–water partition coefficient (Wildman–Crippen LogP) is 5.61. The molecule has 0 spiro atoms. The molecule has 2 aromatic heterocycles. The number of nitrogens with zero attached hydrogens (tertiary/aromatic N) is 5. The van der Waals surface area contributed by atoms with Crippen molar-refractivity contribution in [3.63, 3.8) is 0 Å². The summed E-state index contributed by atoms with van der Waals surface area (Å²) < 4.78 is 17.2. The normalized spacial score (nSPS) is 11.0. The van der Waals surface area contributed by atoms with Crippen molar-refractivity contribution in [1.29, 1.82) is 0 Å². The molecule has 0 fully saturated rings. The van der Waals surface area contributed by atoms with E-state index < -0.39 is 0 Å². The molecule has 1 N–H and O–H groups in total. The summed E-state index contributed by atoms with van der Waals surface area (Å²) in [6.45, 7) is 3.79. The molecule has 1 amide bonds. The van der Waals surface area contributed by atoms with E-state index in [2.05, 4.69) is 20.6 Å². The fourth-order valence-electron chi connectivity index (χ4n) is 3.91. The van der Waals surface area contributed by atoms with Crippen molar-refractivity contribution < 1.29 is 9.18 Å². The molecule has 36 heavy (non-hydrogen) atoms. The summed E-state index contributed by atoms with van der Waals surface area (Å²) in [6.07, 6.45) is 0. The van der Waals surface area contributed by atoms with Gasteiger partial charge in [-0.05, 0) is 50.2 Å². The van der Waals surface area contributed by atoms with E-state index >= 15 is 0 Å². The highest BCUT2D eigenvalue weighted by atomic mass is 32.2. The van der Waals surface area contributed by atoms with Gasteiger partial charge < -0.3 is 5.32 Å². The maximum Gasteiger partial charge on any atom is 0.234 e. The summed E-state index contributed by atoms with van der Waals surface area (Å²) >= 11 is 1.26. The van der Waals surface area contributed by atoms with Crippen molar-refractivity contribution >= 4 is 23.4 Å². The number of aromatic nitrogens is 5. The lowest BCUT2D eigenvalue weighted by Crippen LogP contribution is -2.15. The minimum atomic E-state index is -0.330. The molecule has 5 rings (SSSR count). The smallest absolute Gasteiger partial charge is 0.234 e. The highest BCUT2D eigenvalue weighted by Gasteiger charge is 2.19. The lowest BCUT2D eigenvalue weighted by atomic mass is 10.2. The van der Waals surface area contributed by atoms with Gasteiger partial charge in [0.25, 0.3) is 0 Å². The van der Waals surface area contributed by atoms with E-state index in [9.17, 15) is 9.18 Å². The molecule has 3 aromatic carbocycles. The number of para-hydroxylation sites is 1. The number of benzene rings is 3. The average Bonchev–Trinajstić information content (AvgIpc) is 3.45. The molecule has 180 valence electrons. The van der Waals surface area contributed by atoms with E-state index in [1.165, 1.54) is 23.9 Å². The molecule has 7 nitrogen and oxygen atoms in total. The highest BCUT2D eigenvalue weighted by Crippen LogP contribution is 2.29. The van der Waals surface area contributed by atoms with E-state index in [0.29, 0.717) is 22.4 Å². The second-order valence-electron chi connectivity index (χ2n) is 8.11. The molecule has 0 saturated heterocycles. The Kier molecular flexibility index (Phi) is 6.64. The number of anilines is 1. The Morgan fingerprint density at radius 3 is 2.25 bits per heavy atom. The van der Waals surface area contributed by atoms with Gasteiger partial charge in [0.15, 0.2) is 11.0 Å². The summed E-state index contributed by atoms with van der Waals surface area (Å²) in [4.78, 5) is 12.9. The minimum absolute atomic E-state index is 0.115. The molecule has 0 bridgehead atoms. The summed E-state index contributed by atoms with van der Waals surface area (Å²) in [5.41, 5.74) is 4.76. The number of aryl methyl sites for hydroxylation is 1. The van der Waals surface area contributed by atoms with Crippen LogP contribution in [0.25, 0.3) is 22.8 Å². The first-order valence-electron chi connectivity index (χ1n) is 11.3. The second kappa shape index (κ2) is 10.2. The summed E-state index contributed by atoms with van der Waals surface area (Å²) in [7, 11) is 0. The van der Waals surface area contributed by atoms with Crippen LogP contribution in [0.1, 0.15) is 11.4 Å². The number of rotatable bonds is 7. The molecular formula is C27H23FN6OS. The monoisotopic (exact) mass is 498 g/mol. The molecule has 0 radical (unpaired) electrons. The van der Waals surface area contributed by atoms with Crippen LogP contribution in [0.2, 0.25) is 0 Å². The number of hydrogen-bond donors (Lipinski definition) is 1. The molecule has 2 heterocycles. The Morgan fingerprint density at radius 1 is 0.889 bits per heavy atom. The third kappa shape index (κ3) is 4.78. The minimum Gasteiger partial charge on any atom is -0.322 e. The third-order valence-electron chi connectivity index (χ3n) is 5.64. The predicted molar refractivity (Wildman–Crippen MR) is 139 cm³/mol. The largest absolute Gasteiger partial charge is 0.322 e. The first-order valence-corrected chi connectivity index (χ1v) is 12.3. The number of carbonyl (C=O) groups excluding carboxylic acids is 1. The second-order valence-corrected chi connectivity index (χ2v) is 9.06. The van der Waals surface area contributed by atoms with Crippen LogP contribution >= 0.6 is 11.8 Å². The van der Waals surface area contributed by atoms with Crippen molar-refractivity contribution in [2.24, 2.45) is 0 Å². The number of halogens is 1. The van der Waals surface area contributed by atoms with Gasteiger partial charge >= 0.3 is 0 Å². The van der Waals surface area contributed by atoms with E-state index in [1.54, 1.807) is 12.1 Å². The Balaban J connectivity index is 1.38. The van der Waals surface area contributed by atoms with Crippen LogP contribution in [0.15, 0.2) is 90.1 Å². The molecule has 0 unspecified atom stereocenters. The fourth-order valence-corrected chi connectivity index (χ4v) is 4.66. The zero-order valence-corrected chi connectivity index (χ0v) is 20.5. The van der Waals surface area contributed by atoms with E-state index in [4.69, 9.17) is 0 Å². The summed E-state index contributed by atoms with van der Waals surface area (Å²) in [6, 6.07) is 25.5. The zero-order valence-electron chi connectivity index (χ0n) is 19.7. The quantitative estimate of drug-likeness (QED) is 0.295. The van der Waals surface area contributed by atoms with Gasteiger partial charge in [0.1, 0.15) is 5.82 Å². The zero-order chi connectivity index (χ0) is 25.1. The summed E-state index contributed by atoms with van der Waals surface area (Å²) in [5.74, 6) is 0.210. The van der Waals surface area contributed by atoms with Gasteiger partial charge in [-0.25, -0.2) is 9.07 Å². The molecule has 0 saturated carbocycles. The Hall–Kier alpha value is -4.24. The topological polar surface area (TPSA) is 77.6 Å². The van der Waals surface area contributed by atoms with Crippen LogP contribution in [0.5, 0.6) is 0 Å². The first kappa shape index (κ1) is 23.5. The number of hydrogen-bond acceptors (Lipinski definition) is 5. The van der Waals surface area contributed by atoms with Crippen LogP contribution in [-0.2, 0) is 4.79 Å². The van der Waals surface area contributed by atoms with E-state index in [1.807, 2.05) is 83.8 Å². The summed E-state index contributed by atoms with van der Waals surface area (Å²) in [5, 5.41) is 16.8. The fraction of sp³-hybridized carbons (Fsp3) is 0.111. The third-order valence-corrected chi connectivity index (χ3v) is 6.57. The van der Waals surface area contributed by atoms with Crippen molar-refractivity contribution in [3.8, 4) is 22.8 Å². The van der Waals surface area contributed by atoms with Crippen LogP contribution in [0.4, 0.5) is 10.1 Å². The average molecular weight is 499 g/mol. The molecule has 9 heteroatoms. The number of amides is 1. The number of thioether (sulfide) groups is 1. The van der Waals surface area contributed by atoms with Crippen LogP contribution in [-0.4, -0.2) is 36.2 Å². The van der Waals surface area contributed by atoms with E-state index in [0.717, 1.165) is 22.6 Å². The van der Waals surface area contributed by atoms with Crippen molar-refractivity contribution in [1.82, 2.24) is 24.5 Å². The van der Waals surface area contributed by atoms with Gasteiger partial charge in [0.2, 0.25) is 5.91 Å². The van der Waals surface area contributed by atoms with Gasteiger partial charge in [-0.3, -0.25) is 9.36 Å². The van der Waals surface area contributed by atoms with Crippen molar-refractivity contribution in [3.05, 3.63) is 102 Å². The van der Waals surface area contributed by atoms with Crippen LogP contribution in [0.3, 0.4) is 0 Å². The van der Waals surface area contributed by atoms with Crippen molar-refractivity contribution in [2.45, 2.75) is 19.0 Å². The van der Waals surface area contributed by atoms with Gasteiger partial charge in [-0.1, -0.05) is 60.3 Å². The van der Waals surface area contributed by atoms with Gasteiger partial charge in [0.05, 0.1) is 28.5 Å². The standard InChI is InChI=1S/C27H23FN6OS/c1-18-25(19(2)34(32-18)23-11-7-4-8-12-23)29-24(35)17-36-27-31-30-26(20-9-5-3-6-10-20)33(27)22-15-13-21(28)14-16-22/h3-16H,17H2,1-2H3,(H,29,35). The molecular weight excluding hydrogens is 475 g/mol. The lowest BCUT2D eigenvalue weighted by molar-refractivity contribution is -0.113. The number of nitrogens with one attached hydrogen (secondary N) is 1. The van der Waals surface area contributed by atoms with Gasteiger partial charge in [-0.15, -0.1) is 10.2 Å². The first-order chi connectivity index (χ1) is 17.5. The van der Waals surface area contributed by atoms with Crippen LogP contribution in [0, 0.1) is 19.7 Å². The van der Waals surface area contributed by atoms with Crippen LogP contribution < -0.4 is 5.32 Å². The SMILES string of the molecule is Cc1nn(-c2ccccc2)c(C)c1NC(=O)CSc1nnc(-c2ccccc2)n1-c1ccc(F)cc1. The van der Waals surface area contributed by atoms with Crippen molar-refractivity contribution in [2.75, 3.05) is 11.1 Å². The number of carbonyl (C=O) groups is 1. The maximum atomic E-state index is 13.6. The lowest BCUT2D eigenvalue weighted by Gasteiger charge is -2.11. The maximum absolute atomic E-state index is 13.6. The molecule has 0 aliphatic rings. The Labute approximate surface area is 212 Å². The van der Waals surface area contributed by atoms with Gasteiger partial charge in [-0.2, -0.15) is 5.10 Å². The highest BCUT2D eigenvalue weighted by molar-refractivity contribution is 7.99. The van der Waals surface area contributed by atoms with E-state index in [-0.39, 0.29) is 17.5 Å². The molecule has 5 aromatic rings. The molecule has 0 aliphatic heterocycles. The Bertz CT molecular complexity index is 1500. The molecule has 0 aliphatic carbocycles. The van der Waals surface area contributed by atoms with Gasteiger partial charge in [0, 0.05) is 11.3 Å². The molecule has 0 atom stereocenters.